The highest BCUT2D eigenvalue weighted by Crippen LogP contribution is 2.50. The van der Waals surface area contributed by atoms with Crippen LogP contribution in [0.25, 0.3) is 0 Å². The molecule has 96 valence electrons. The van der Waals surface area contributed by atoms with Crippen LogP contribution in [0.3, 0.4) is 0 Å². The lowest BCUT2D eigenvalue weighted by molar-refractivity contribution is -0.105. The van der Waals surface area contributed by atoms with E-state index in [9.17, 15) is 13.2 Å². The predicted octanol–water partition coefficient (Wildman–Crippen LogP) is 4.90. The topological polar surface area (TPSA) is 9.23 Å². The van der Waals surface area contributed by atoms with Crippen LogP contribution in [0.4, 0.5) is 13.2 Å². The van der Waals surface area contributed by atoms with E-state index in [0.29, 0.717) is 22.4 Å². The molecular formula is C9H9ClF3OPS2. The van der Waals surface area contributed by atoms with Crippen molar-refractivity contribution >= 4 is 40.4 Å². The van der Waals surface area contributed by atoms with Crippen LogP contribution >= 0.6 is 28.6 Å². The molecule has 0 radical (unpaired) electrons. The van der Waals surface area contributed by atoms with Gasteiger partial charge in [0.15, 0.2) is 5.62 Å². The Bertz CT molecular complexity index is 432. The maximum atomic E-state index is 12.1. The van der Waals surface area contributed by atoms with E-state index in [0.717, 1.165) is 0 Å². The Kier molecular flexibility index (Phi) is 5.20. The standard InChI is InChI=1S/C9H9ClF3OPS2/c1-15(10,16)14-7-4-2-3-5-8(7)17-6-9(11,12)13/h2-5H,6H2,1H3. The molecule has 0 aliphatic rings. The molecule has 1 atom stereocenters. The quantitative estimate of drug-likeness (QED) is 0.577. The molecule has 0 spiro atoms. The third kappa shape index (κ3) is 6.55. The number of alkyl halides is 3. The zero-order valence-corrected chi connectivity index (χ0v) is 12.0. The van der Waals surface area contributed by atoms with E-state index in [1.807, 2.05) is 0 Å². The summed E-state index contributed by atoms with van der Waals surface area (Å²) in [6.07, 6.45) is -4.22. The van der Waals surface area contributed by atoms with Crippen molar-refractivity contribution in [2.45, 2.75) is 11.1 Å². The summed E-state index contributed by atoms with van der Waals surface area (Å²) in [5.41, 5.74) is -2.47. The molecule has 1 rings (SSSR count). The minimum atomic E-state index is -4.22. The monoisotopic (exact) mass is 320 g/mol. The Morgan fingerprint density at radius 3 is 2.53 bits per heavy atom. The molecule has 0 aromatic heterocycles. The average Bonchev–Trinajstić information content (AvgIpc) is 2.12. The minimum absolute atomic E-state index is 0.308. The van der Waals surface area contributed by atoms with E-state index >= 15 is 0 Å². The van der Waals surface area contributed by atoms with Crippen LogP contribution in [0, 0.1) is 0 Å². The summed E-state index contributed by atoms with van der Waals surface area (Å²) in [6, 6.07) is 6.41. The number of hydrogen-bond acceptors (Lipinski definition) is 3. The van der Waals surface area contributed by atoms with Crippen LogP contribution in [-0.4, -0.2) is 18.6 Å². The normalized spacial score (nSPS) is 15.4. The lowest BCUT2D eigenvalue weighted by Gasteiger charge is -2.15. The number of hydrogen-bond donors (Lipinski definition) is 0. The van der Waals surface area contributed by atoms with Gasteiger partial charge in [-0.15, -0.1) is 11.8 Å². The summed E-state index contributed by atoms with van der Waals surface area (Å²) in [7, 11) is 0. The van der Waals surface area contributed by atoms with E-state index in [1.54, 1.807) is 30.9 Å². The second kappa shape index (κ2) is 5.83. The van der Waals surface area contributed by atoms with E-state index in [4.69, 9.17) is 27.6 Å². The molecule has 0 aliphatic heterocycles. The summed E-state index contributed by atoms with van der Waals surface area (Å²) in [6.45, 7) is 1.55. The SMILES string of the molecule is CP(=S)(Cl)Oc1ccccc1SCC(F)(F)F. The third-order valence-electron chi connectivity index (χ3n) is 1.50. The molecule has 1 aromatic rings. The molecule has 0 amide bonds. The van der Waals surface area contributed by atoms with Gasteiger partial charge in [-0.25, -0.2) is 0 Å². The van der Waals surface area contributed by atoms with Crippen molar-refractivity contribution in [2.75, 3.05) is 12.4 Å². The first-order valence-electron chi connectivity index (χ1n) is 4.43. The van der Waals surface area contributed by atoms with Gasteiger partial charge < -0.3 is 4.52 Å². The maximum absolute atomic E-state index is 12.1. The van der Waals surface area contributed by atoms with Crippen molar-refractivity contribution in [1.29, 1.82) is 0 Å². The summed E-state index contributed by atoms with van der Waals surface area (Å²) in [5, 5.41) is 0. The van der Waals surface area contributed by atoms with Crippen LogP contribution in [0.1, 0.15) is 0 Å². The van der Waals surface area contributed by atoms with Gasteiger partial charge in [-0.1, -0.05) is 12.1 Å². The zero-order chi connectivity index (χ0) is 13.1. The van der Waals surface area contributed by atoms with Crippen LogP contribution in [0.5, 0.6) is 5.75 Å². The molecule has 0 saturated heterocycles. The minimum Gasteiger partial charge on any atom is -0.452 e. The Labute approximate surface area is 112 Å². The molecular weight excluding hydrogens is 312 g/mol. The van der Waals surface area contributed by atoms with Gasteiger partial charge in [-0.3, -0.25) is 0 Å². The summed E-state index contributed by atoms with van der Waals surface area (Å²) in [4.78, 5) is 0.390. The van der Waals surface area contributed by atoms with E-state index < -0.39 is 17.5 Å². The highest BCUT2D eigenvalue weighted by Gasteiger charge is 2.28. The van der Waals surface area contributed by atoms with Gasteiger partial charge >= 0.3 is 6.18 Å². The number of halogens is 4. The lowest BCUT2D eigenvalue weighted by atomic mass is 10.3. The first kappa shape index (κ1) is 15.2. The number of para-hydroxylation sites is 1. The predicted molar refractivity (Wildman–Crippen MR) is 69.9 cm³/mol. The van der Waals surface area contributed by atoms with Gasteiger partial charge in [0.1, 0.15) is 5.75 Å². The van der Waals surface area contributed by atoms with Gasteiger partial charge in [-0.05, 0) is 35.2 Å². The van der Waals surface area contributed by atoms with Crippen molar-refractivity contribution in [2.24, 2.45) is 0 Å². The van der Waals surface area contributed by atoms with Crippen LogP contribution in [0.15, 0.2) is 29.2 Å². The Hall–Kier alpha value is 0.1000. The average molecular weight is 321 g/mol. The van der Waals surface area contributed by atoms with Gasteiger partial charge in [0, 0.05) is 6.66 Å². The fraction of sp³-hybridized carbons (Fsp3) is 0.333. The molecule has 0 aliphatic carbocycles. The van der Waals surface area contributed by atoms with Gasteiger partial charge in [0.05, 0.1) is 10.6 Å². The smallest absolute Gasteiger partial charge is 0.398 e. The maximum Gasteiger partial charge on any atom is 0.398 e. The summed E-state index contributed by atoms with van der Waals surface area (Å²) in [5.74, 6) is -0.662. The molecule has 17 heavy (non-hydrogen) atoms. The van der Waals surface area contributed by atoms with E-state index in [1.165, 1.54) is 0 Å². The largest absolute Gasteiger partial charge is 0.452 e. The second-order valence-corrected chi connectivity index (χ2v) is 10.5. The van der Waals surface area contributed by atoms with Gasteiger partial charge in [0.25, 0.3) is 0 Å². The molecule has 0 heterocycles. The van der Waals surface area contributed by atoms with Crippen molar-refractivity contribution in [3.63, 3.8) is 0 Å². The first-order chi connectivity index (χ1) is 7.67. The van der Waals surface area contributed by atoms with Crippen LogP contribution < -0.4 is 4.52 Å². The third-order valence-corrected chi connectivity index (χ3v) is 3.58. The van der Waals surface area contributed by atoms with Gasteiger partial charge in [0.2, 0.25) is 0 Å². The highest BCUT2D eigenvalue weighted by atomic mass is 35.7. The lowest BCUT2D eigenvalue weighted by Crippen LogP contribution is -2.10. The Morgan fingerprint density at radius 1 is 1.41 bits per heavy atom. The second-order valence-electron chi connectivity index (χ2n) is 3.19. The van der Waals surface area contributed by atoms with E-state index in [2.05, 4.69) is 0 Å². The molecule has 1 nitrogen and oxygen atoms in total. The number of thioether (sulfide) groups is 1. The Morgan fingerprint density at radius 2 is 2.00 bits per heavy atom. The molecule has 1 aromatic carbocycles. The van der Waals surface area contributed by atoms with Crippen molar-refractivity contribution in [3.05, 3.63) is 24.3 Å². The van der Waals surface area contributed by atoms with Crippen molar-refractivity contribution < 1.29 is 17.7 Å². The molecule has 8 heteroatoms. The molecule has 0 fully saturated rings. The fourth-order valence-electron chi connectivity index (χ4n) is 0.980. The number of benzene rings is 1. The van der Waals surface area contributed by atoms with Crippen molar-refractivity contribution in [1.82, 2.24) is 0 Å². The van der Waals surface area contributed by atoms with E-state index in [-0.39, 0.29) is 0 Å². The van der Waals surface area contributed by atoms with Crippen LogP contribution in [0.2, 0.25) is 0 Å². The molecule has 1 unspecified atom stereocenters. The summed E-state index contributed by atoms with van der Waals surface area (Å²) >= 11 is 11.4. The van der Waals surface area contributed by atoms with Gasteiger partial charge in [-0.2, -0.15) is 13.2 Å². The fourth-order valence-corrected chi connectivity index (χ4v) is 2.76. The Balaban J connectivity index is 2.82. The molecule has 0 bridgehead atoms. The first-order valence-corrected chi connectivity index (χ1v) is 9.48. The summed E-state index contributed by atoms with van der Waals surface area (Å²) < 4.78 is 41.6. The van der Waals surface area contributed by atoms with Crippen molar-refractivity contribution in [3.8, 4) is 5.75 Å². The molecule has 0 N–H and O–H groups in total. The zero-order valence-electron chi connectivity index (χ0n) is 8.70. The number of rotatable bonds is 4. The highest BCUT2D eigenvalue weighted by molar-refractivity contribution is 8.24. The molecule has 0 saturated carbocycles. The van der Waals surface area contributed by atoms with Crippen LogP contribution in [-0.2, 0) is 11.8 Å².